The summed E-state index contributed by atoms with van der Waals surface area (Å²) in [5, 5.41) is 3.05. The standard InChI is InChI=1S/C13H15ClFNOS2/c1-8(9-2-3-11(15)10(14)6-9)16-13(17)12-7-18-4-5-19-12/h2-3,6,8,12H,4-5,7H2,1H3,(H,16,17)/t8-,12+/m0/s1. The van der Waals surface area contributed by atoms with E-state index >= 15 is 0 Å². The van der Waals surface area contributed by atoms with Gasteiger partial charge in [-0.05, 0) is 24.6 Å². The van der Waals surface area contributed by atoms with Crippen LogP contribution >= 0.6 is 35.1 Å². The first kappa shape index (κ1) is 15.0. The van der Waals surface area contributed by atoms with E-state index in [0.717, 1.165) is 22.8 Å². The maximum absolute atomic E-state index is 13.1. The Bertz CT molecular complexity index is 466. The zero-order valence-electron chi connectivity index (χ0n) is 10.5. The van der Waals surface area contributed by atoms with Crippen molar-refractivity contribution in [3.05, 3.63) is 34.6 Å². The van der Waals surface area contributed by atoms with Crippen molar-refractivity contribution in [2.75, 3.05) is 17.3 Å². The fraction of sp³-hybridized carbons (Fsp3) is 0.462. The van der Waals surface area contributed by atoms with E-state index in [0.29, 0.717) is 0 Å². The van der Waals surface area contributed by atoms with Gasteiger partial charge in [-0.25, -0.2) is 4.39 Å². The Balaban J connectivity index is 1.97. The van der Waals surface area contributed by atoms with E-state index in [4.69, 9.17) is 11.6 Å². The van der Waals surface area contributed by atoms with E-state index in [1.807, 2.05) is 6.92 Å². The molecular formula is C13H15ClFNOS2. The maximum atomic E-state index is 13.1. The molecule has 19 heavy (non-hydrogen) atoms. The zero-order chi connectivity index (χ0) is 13.8. The molecule has 1 aliphatic rings. The molecule has 0 unspecified atom stereocenters. The molecule has 1 heterocycles. The van der Waals surface area contributed by atoms with Gasteiger partial charge in [0.05, 0.1) is 16.3 Å². The summed E-state index contributed by atoms with van der Waals surface area (Å²) in [5.41, 5.74) is 0.813. The molecule has 1 aromatic rings. The van der Waals surface area contributed by atoms with Gasteiger partial charge < -0.3 is 5.32 Å². The lowest BCUT2D eigenvalue weighted by atomic mass is 10.1. The number of carbonyl (C=O) groups is 1. The van der Waals surface area contributed by atoms with Crippen LogP contribution in [0.25, 0.3) is 0 Å². The molecule has 0 aliphatic carbocycles. The summed E-state index contributed by atoms with van der Waals surface area (Å²) < 4.78 is 13.1. The van der Waals surface area contributed by atoms with Crippen LogP contribution < -0.4 is 5.32 Å². The zero-order valence-corrected chi connectivity index (χ0v) is 12.9. The van der Waals surface area contributed by atoms with E-state index < -0.39 is 5.82 Å². The highest BCUT2D eigenvalue weighted by Gasteiger charge is 2.23. The SMILES string of the molecule is C[C@H](NC(=O)[C@H]1CSCCS1)c1ccc(F)c(Cl)c1. The van der Waals surface area contributed by atoms with Crippen LogP contribution in [0.5, 0.6) is 0 Å². The molecule has 6 heteroatoms. The summed E-state index contributed by atoms with van der Waals surface area (Å²) in [7, 11) is 0. The van der Waals surface area contributed by atoms with Crippen LogP contribution in [-0.4, -0.2) is 28.4 Å². The number of hydrogen-bond donors (Lipinski definition) is 1. The number of thioether (sulfide) groups is 2. The average molecular weight is 320 g/mol. The second-order valence-corrected chi connectivity index (χ2v) is 7.21. The largest absolute Gasteiger partial charge is 0.349 e. The number of halogens is 2. The minimum atomic E-state index is -0.442. The van der Waals surface area contributed by atoms with Gasteiger partial charge >= 0.3 is 0 Å². The lowest BCUT2D eigenvalue weighted by molar-refractivity contribution is -0.120. The van der Waals surface area contributed by atoms with E-state index in [1.165, 1.54) is 6.07 Å². The van der Waals surface area contributed by atoms with Gasteiger partial charge in [-0.15, -0.1) is 11.8 Å². The van der Waals surface area contributed by atoms with Gasteiger partial charge in [0.2, 0.25) is 5.91 Å². The number of carbonyl (C=O) groups excluding carboxylic acids is 1. The second-order valence-electron chi connectivity index (χ2n) is 4.34. The van der Waals surface area contributed by atoms with Gasteiger partial charge in [-0.1, -0.05) is 17.7 Å². The Labute approximate surface area is 125 Å². The Morgan fingerprint density at radius 1 is 1.53 bits per heavy atom. The van der Waals surface area contributed by atoms with Crippen LogP contribution in [0.2, 0.25) is 5.02 Å². The van der Waals surface area contributed by atoms with Crippen molar-refractivity contribution in [2.24, 2.45) is 0 Å². The molecule has 1 aliphatic heterocycles. The third-order valence-electron chi connectivity index (χ3n) is 2.91. The highest BCUT2D eigenvalue weighted by molar-refractivity contribution is 8.07. The van der Waals surface area contributed by atoms with Crippen molar-refractivity contribution in [3.8, 4) is 0 Å². The van der Waals surface area contributed by atoms with Crippen molar-refractivity contribution in [1.29, 1.82) is 0 Å². The average Bonchev–Trinajstić information content (AvgIpc) is 2.42. The first-order valence-corrected chi connectivity index (χ1v) is 8.60. The number of benzene rings is 1. The summed E-state index contributed by atoms with van der Waals surface area (Å²) in [6.45, 7) is 1.88. The van der Waals surface area contributed by atoms with Crippen LogP contribution in [0, 0.1) is 5.82 Å². The fourth-order valence-electron chi connectivity index (χ4n) is 1.81. The molecule has 0 radical (unpaired) electrons. The molecule has 0 aromatic heterocycles. The van der Waals surface area contributed by atoms with Crippen molar-refractivity contribution in [2.45, 2.75) is 18.2 Å². The van der Waals surface area contributed by atoms with Crippen molar-refractivity contribution >= 4 is 41.0 Å². The lowest BCUT2D eigenvalue weighted by Crippen LogP contribution is -2.37. The van der Waals surface area contributed by atoms with E-state index in [9.17, 15) is 9.18 Å². The summed E-state index contributed by atoms with van der Waals surface area (Å²) in [4.78, 5) is 12.1. The van der Waals surface area contributed by atoms with Crippen LogP contribution in [-0.2, 0) is 4.79 Å². The molecule has 0 bridgehead atoms. The first-order valence-electron chi connectivity index (χ1n) is 6.02. The molecule has 1 fully saturated rings. The molecule has 0 saturated carbocycles. The minimum absolute atomic E-state index is 0.0112. The highest BCUT2D eigenvalue weighted by atomic mass is 35.5. The first-order chi connectivity index (χ1) is 9.08. The molecule has 2 nitrogen and oxygen atoms in total. The fourth-order valence-corrected chi connectivity index (χ4v) is 4.57. The molecular weight excluding hydrogens is 305 g/mol. The van der Waals surface area contributed by atoms with Gasteiger partial charge in [0, 0.05) is 17.3 Å². The summed E-state index contributed by atoms with van der Waals surface area (Å²) in [6.07, 6.45) is 0. The quantitative estimate of drug-likeness (QED) is 0.924. The Hall–Kier alpha value is -0.390. The molecule has 2 rings (SSSR count). The Morgan fingerprint density at radius 3 is 2.95 bits per heavy atom. The van der Waals surface area contributed by atoms with Crippen LogP contribution in [0.15, 0.2) is 18.2 Å². The predicted molar refractivity (Wildman–Crippen MR) is 81.5 cm³/mol. The maximum Gasteiger partial charge on any atom is 0.234 e. The number of rotatable bonds is 3. The third kappa shape index (κ3) is 4.04. The molecule has 0 spiro atoms. The summed E-state index contributed by atoms with van der Waals surface area (Å²) in [6, 6.07) is 4.36. The van der Waals surface area contributed by atoms with Gasteiger partial charge in [-0.2, -0.15) is 11.8 Å². The molecule has 104 valence electrons. The minimum Gasteiger partial charge on any atom is -0.349 e. The van der Waals surface area contributed by atoms with Crippen LogP contribution in [0.1, 0.15) is 18.5 Å². The lowest BCUT2D eigenvalue weighted by Gasteiger charge is -2.23. The van der Waals surface area contributed by atoms with Crippen molar-refractivity contribution in [3.63, 3.8) is 0 Å². The number of amides is 1. The Kier molecular flexibility index (Phi) is 5.42. The van der Waals surface area contributed by atoms with Crippen LogP contribution in [0.4, 0.5) is 4.39 Å². The van der Waals surface area contributed by atoms with Gasteiger partial charge in [-0.3, -0.25) is 4.79 Å². The molecule has 1 amide bonds. The second kappa shape index (κ2) is 6.86. The molecule has 1 aromatic carbocycles. The number of nitrogens with one attached hydrogen (secondary N) is 1. The third-order valence-corrected chi connectivity index (χ3v) is 5.95. The topological polar surface area (TPSA) is 29.1 Å². The number of hydrogen-bond acceptors (Lipinski definition) is 3. The van der Waals surface area contributed by atoms with Crippen molar-refractivity contribution < 1.29 is 9.18 Å². The highest BCUT2D eigenvalue weighted by Crippen LogP contribution is 2.25. The van der Waals surface area contributed by atoms with Gasteiger partial charge in [0.25, 0.3) is 0 Å². The molecule has 1 saturated heterocycles. The summed E-state index contributed by atoms with van der Waals surface area (Å²) in [5.74, 6) is 2.58. The van der Waals surface area contributed by atoms with E-state index in [2.05, 4.69) is 5.32 Å². The van der Waals surface area contributed by atoms with Gasteiger partial charge in [0.1, 0.15) is 5.82 Å². The normalized spacial score (nSPS) is 20.9. The smallest absolute Gasteiger partial charge is 0.234 e. The van der Waals surface area contributed by atoms with E-state index in [-0.39, 0.29) is 22.2 Å². The summed E-state index contributed by atoms with van der Waals surface area (Å²) >= 11 is 9.25. The Morgan fingerprint density at radius 2 is 2.32 bits per heavy atom. The van der Waals surface area contributed by atoms with Gasteiger partial charge in [0.15, 0.2) is 0 Å². The molecule has 2 atom stereocenters. The van der Waals surface area contributed by atoms with Crippen molar-refractivity contribution in [1.82, 2.24) is 5.32 Å². The monoisotopic (exact) mass is 319 g/mol. The van der Waals surface area contributed by atoms with E-state index in [1.54, 1.807) is 35.7 Å². The molecule has 1 N–H and O–H groups in total. The van der Waals surface area contributed by atoms with Crippen LogP contribution in [0.3, 0.4) is 0 Å². The predicted octanol–water partition coefficient (Wildman–Crippen LogP) is 3.50.